The molecule has 0 fully saturated rings. The Morgan fingerprint density at radius 1 is 1.24 bits per heavy atom. The molecule has 0 unspecified atom stereocenters. The van der Waals surface area contributed by atoms with Crippen LogP contribution in [0.25, 0.3) is 0 Å². The molecule has 0 aromatic heterocycles. The molecule has 6 heteroatoms. The Labute approximate surface area is 123 Å². The Balaban J connectivity index is 2.01. The van der Waals surface area contributed by atoms with Gasteiger partial charge in [-0.05, 0) is 31.5 Å². The van der Waals surface area contributed by atoms with Crippen LogP contribution in [0, 0.1) is 0 Å². The van der Waals surface area contributed by atoms with Crippen molar-refractivity contribution < 1.29 is 19.1 Å². The van der Waals surface area contributed by atoms with Crippen LogP contribution in [0.15, 0.2) is 18.2 Å². The van der Waals surface area contributed by atoms with Crippen LogP contribution in [0.3, 0.4) is 0 Å². The van der Waals surface area contributed by atoms with Crippen molar-refractivity contribution in [3.05, 3.63) is 34.9 Å². The molecule has 0 saturated carbocycles. The van der Waals surface area contributed by atoms with Gasteiger partial charge in [-0.1, -0.05) is 0 Å². The summed E-state index contributed by atoms with van der Waals surface area (Å²) >= 11 is 0. The van der Waals surface area contributed by atoms with E-state index < -0.39 is 0 Å². The summed E-state index contributed by atoms with van der Waals surface area (Å²) in [4.78, 5) is 36.7. The molecule has 1 aliphatic rings. The summed E-state index contributed by atoms with van der Waals surface area (Å²) in [6, 6.07) is 4.55. The van der Waals surface area contributed by atoms with Gasteiger partial charge in [0.15, 0.2) is 0 Å². The minimum absolute atomic E-state index is 0.260. The first-order chi connectivity index (χ1) is 10.1. The van der Waals surface area contributed by atoms with Crippen LogP contribution in [-0.2, 0) is 4.74 Å². The Morgan fingerprint density at radius 3 is 2.67 bits per heavy atom. The minimum atomic E-state index is -0.374. The van der Waals surface area contributed by atoms with Gasteiger partial charge in [-0.2, -0.15) is 0 Å². The fourth-order valence-electron chi connectivity index (χ4n) is 2.13. The molecule has 0 saturated heterocycles. The minimum Gasteiger partial charge on any atom is -0.382 e. The van der Waals surface area contributed by atoms with Crippen molar-refractivity contribution >= 4 is 17.7 Å². The molecule has 1 N–H and O–H groups in total. The molecule has 1 aliphatic heterocycles. The lowest BCUT2D eigenvalue weighted by molar-refractivity contribution is 0.0693. The van der Waals surface area contributed by atoms with Gasteiger partial charge in [0.25, 0.3) is 17.7 Å². The molecule has 0 atom stereocenters. The van der Waals surface area contributed by atoms with Crippen molar-refractivity contribution in [1.82, 2.24) is 10.2 Å². The topological polar surface area (TPSA) is 75.7 Å². The van der Waals surface area contributed by atoms with E-state index >= 15 is 0 Å². The number of hydrogen-bond donors (Lipinski definition) is 1. The first kappa shape index (κ1) is 15.2. The van der Waals surface area contributed by atoms with Crippen molar-refractivity contribution in [2.24, 2.45) is 0 Å². The quantitative estimate of drug-likeness (QED) is 0.628. The van der Waals surface area contributed by atoms with Gasteiger partial charge in [-0.3, -0.25) is 19.3 Å². The molecule has 1 aromatic rings. The van der Waals surface area contributed by atoms with Gasteiger partial charge in [0.05, 0.1) is 11.1 Å². The van der Waals surface area contributed by atoms with Crippen molar-refractivity contribution in [2.75, 3.05) is 26.8 Å². The molecular weight excluding hydrogens is 272 g/mol. The van der Waals surface area contributed by atoms with Crippen LogP contribution >= 0.6 is 0 Å². The third-order valence-corrected chi connectivity index (χ3v) is 3.31. The SMILES string of the molecule is CCOCCCNC(=O)c1ccc2c(c1)C(=O)N(C)C2=O. The van der Waals surface area contributed by atoms with Crippen LogP contribution < -0.4 is 5.32 Å². The summed E-state index contributed by atoms with van der Waals surface area (Å²) in [6.07, 6.45) is 0.727. The highest BCUT2D eigenvalue weighted by atomic mass is 16.5. The average molecular weight is 290 g/mol. The molecule has 1 heterocycles. The summed E-state index contributed by atoms with van der Waals surface area (Å²) in [5.41, 5.74) is 1.00. The van der Waals surface area contributed by atoms with Crippen molar-refractivity contribution in [3.8, 4) is 0 Å². The van der Waals surface area contributed by atoms with Crippen molar-refractivity contribution in [2.45, 2.75) is 13.3 Å². The van der Waals surface area contributed by atoms with Crippen LogP contribution in [0.5, 0.6) is 0 Å². The molecule has 0 aliphatic carbocycles. The Morgan fingerprint density at radius 2 is 1.95 bits per heavy atom. The van der Waals surface area contributed by atoms with Crippen LogP contribution in [0.4, 0.5) is 0 Å². The zero-order valence-corrected chi connectivity index (χ0v) is 12.1. The number of ether oxygens (including phenoxy) is 1. The van der Waals surface area contributed by atoms with Gasteiger partial charge in [0, 0.05) is 32.4 Å². The van der Waals surface area contributed by atoms with E-state index in [-0.39, 0.29) is 23.3 Å². The predicted octanol–water partition coefficient (Wildman–Crippen LogP) is 1.07. The Kier molecular flexibility index (Phi) is 4.70. The maximum absolute atomic E-state index is 12.0. The number of carbonyl (C=O) groups excluding carboxylic acids is 3. The molecule has 112 valence electrons. The Bertz CT molecular complexity index is 583. The largest absolute Gasteiger partial charge is 0.382 e. The third kappa shape index (κ3) is 3.11. The summed E-state index contributed by atoms with van der Waals surface area (Å²) in [6.45, 7) is 3.67. The van der Waals surface area contributed by atoms with E-state index in [1.54, 1.807) is 6.07 Å². The third-order valence-electron chi connectivity index (χ3n) is 3.31. The van der Waals surface area contributed by atoms with Crippen LogP contribution in [0.1, 0.15) is 44.4 Å². The van der Waals surface area contributed by atoms with E-state index in [1.807, 2.05) is 6.92 Å². The molecule has 0 bridgehead atoms. The summed E-state index contributed by atoms with van der Waals surface area (Å²) < 4.78 is 5.18. The molecule has 21 heavy (non-hydrogen) atoms. The molecule has 6 nitrogen and oxygen atoms in total. The average Bonchev–Trinajstić information content (AvgIpc) is 2.71. The van der Waals surface area contributed by atoms with Crippen LogP contribution in [0.2, 0.25) is 0 Å². The number of rotatable bonds is 6. The number of amides is 3. The second-order valence-corrected chi connectivity index (χ2v) is 4.74. The normalized spacial score (nSPS) is 13.5. The number of hydrogen-bond acceptors (Lipinski definition) is 4. The van der Waals surface area contributed by atoms with Crippen LogP contribution in [-0.4, -0.2) is 49.4 Å². The highest BCUT2D eigenvalue weighted by molar-refractivity contribution is 6.21. The number of nitrogens with zero attached hydrogens (tertiary/aromatic N) is 1. The fraction of sp³-hybridized carbons (Fsp3) is 0.400. The lowest BCUT2D eigenvalue weighted by atomic mass is 10.1. The molecule has 1 aromatic carbocycles. The molecule has 3 amide bonds. The van der Waals surface area contributed by atoms with Crippen molar-refractivity contribution in [3.63, 3.8) is 0 Å². The van der Waals surface area contributed by atoms with Crippen molar-refractivity contribution in [1.29, 1.82) is 0 Å². The molecule has 0 radical (unpaired) electrons. The number of benzene rings is 1. The van der Waals surface area contributed by atoms with E-state index in [9.17, 15) is 14.4 Å². The van der Waals surface area contributed by atoms with E-state index in [4.69, 9.17) is 4.74 Å². The van der Waals surface area contributed by atoms with Gasteiger partial charge in [-0.25, -0.2) is 0 Å². The molecular formula is C15H18N2O4. The lowest BCUT2D eigenvalue weighted by Crippen LogP contribution is -2.25. The first-order valence-electron chi connectivity index (χ1n) is 6.88. The monoisotopic (exact) mass is 290 g/mol. The smallest absolute Gasteiger partial charge is 0.261 e. The summed E-state index contributed by atoms with van der Waals surface area (Å²) in [7, 11) is 1.43. The number of carbonyl (C=O) groups is 3. The number of nitrogens with one attached hydrogen (secondary N) is 1. The first-order valence-corrected chi connectivity index (χ1v) is 6.88. The van der Waals surface area contributed by atoms with E-state index in [2.05, 4.69) is 5.32 Å². The standard InChI is InChI=1S/C15H18N2O4/c1-3-21-8-4-7-16-13(18)10-5-6-11-12(9-10)15(20)17(2)14(11)19/h5-6,9H,3-4,7-8H2,1-2H3,(H,16,18). The second-order valence-electron chi connectivity index (χ2n) is 4.74. The Hall–Kier alpha value is -2.21. The maximum Gasteiger partial charge on any atom is 0.261 e. The fourth-order valence-corrected chi connectivity index (χ4v) is 2.13. The lowest BCUT2D eigenvalue weighted by Gasteiger charge is -2.06. The maximum atomic E-state index is 12.0. The highest BCUT2D eigenvalue weighted by Crippen LogP contribution is 2.22. The van der Waals surface area contributed by atoms with Gasteiger partial charge in [-0.15, -0.1) is 0 Å². The van der Waals surface area contributed by atoms with E-state index in [0.29, 0.717) is 30.9 Å². The number of fused-ring (bicyclic) bond motifs is 1. The second kappa shape index (κ2) is 6.49. The van der Waals surface area contributed by atoms with E-state index in [0.717, 1.165) is 11.3 Å². The predicted molar refractivity (Wildman–Crippen MR) is 76.3 cm³/mol. The summed E-state index contributed by atoms with van der Waals surface area (Å²) in [5.74, 6) is -0.969. The zero-order chi connectivity index (χ0) is 15.4. The van der Waals surface area contributed by atoms with E-state index in [1.165, 1.54) is 19.2 Å². The zero-order valence-electron chi connectivity index (χ0n) is 12.1. The molecule has 2 rings (SSSR count). The number of imide groups is 1. The molecule has 0 spiro atoms. The van der Waals surface area contributed by atoms with Gasteiger partial charge >= 0.3 is 0 Å². The summed E-state index contributed by atoms with van der Waals surface area (Å²) in [5, 5.41) is 2.76. The van der Waals surface area contributed by atoms with Gasteiger partial charge < -0.3 is 10.1 Å². The highest BCUT2D eigenvalue weighted by Gasteiger charge is 2.33. The van der Waals surface area contributed by atoms with Gasteiger partial charge in [0.2, 0.25) is 0 Å². The van der Waals surface area contributed by atoms with Gasteiger partial charge in [0.1, 0.15) is 0 Å².